The molecule has 1 saturated carbocycles. The lowest BCUT2D eigenvalue weighted by atomic mass is 9.75. The molecule has 0 radical (unpaired) electrons. The minimum absolute atomic E-state index is 0.155. The summed E-state index contributed by atoms with van der Waals surface area (Å²) in [6.07, 6.45) is 2.52. The molecule has 1 amide bonds. The van der Waals surface area contributed by atoms with Gasteiger partial charge in [0.1, 0.15) is 5.75 Å². The topological polar surface area (TPSA) is 87.9 Å². The number of likely N-dealkylation sites (tertiary alicyclic amines) is 2. The van der Waals surface area contributed by atoms with Crippen LogP contribution in [0.2, 0.25) is 0 Å². The fourth-order valence-electron chi connectivity index (χ4n) is 5.42. The number of halogens is 3. The van der Waals surface area contributed by atoms with Gasteiger partial charge in [-0.05, 0) is 56.7 Å². The number of methoxy groups -OCH3 is 1. The monoisotopic (exact) mass is 536 g/mol. The Kier molecular flexibility index (Phi) is 8.06. The van der Waals surface area contributed by atoms with Gasteiger partial charge in [-0.3, -0.25) is 9.69 Å². The molecular weight excluding hydrogens is 501 g/mol. The number of carbonyl (C=O) groups excluding carboxylic acids is 1. The van der Waals surface area contributed by atoms with E-state index in [4.69, 9.17) is 19.6 Å². The first-order valence-corrected chi connectivity index (χ1v) is 12.9. The molecule has 2 aliphatic heterocycles. The van der Waals surface area contributed by atoms with Crippen molar-refractivity contribution in [3.63, 3.8) is 0 Å². The molecule has 2 aromatic rings. The Labute approximate surface area is 220 Å². The number of amides is 1. The molecule has 3 aliphatic rings. The standard InChI is InChI=1S/C25H34N4O2.C2HF3O2/c1-18(2)29-15-23(26-17-29)22-14-27(12-19-6-8-21(31-3)9-7-19)16-25(22)10-11-28(24(25)30)13-20-4-5-20;3-2(4,5)1(6)7/h6-9,15,17-18,20,22H,4-5,10-14,16H2,1-3H3;(H,6,7). The molecular formula is C27H35F3N4O4. The van der Waals surface area contributed by atoms with E-state index in [0.717, 1.165) is 56.5 Å². The summed E-state index contributed by atoms with van der Waals surface area (Å²) in [6.45, 7) is 8.73. The second-order valence-corrected chi connectivity index (χ2v) is 10.8. The summed E-state index contributed by atoms with van der Waals surface area (Å²) in [5.74, 6) is -0.634. The number of rotatable bonds is 7. The summed E-state index contributed by atoms with van der Waals surface area (Å²) in [6, 6.07) is 8.66. The third kappa shape index (κ3) is 6.14. The number of alkyl halides is 3. The van der Waals surface area contributed by atoms with Gasteiger partial charge in [-0.25, -0.2) is 9.78 Å². The summed E-state index contributed by atoms with van der Waals surface area (Å²) < 4.78 is 39.2. The fraction of sp³-hybridized carbons (Fsp3) is 0.593. The Morgan fingerprint density at radius 2 is 1.89 bits per heavy atom. The summed E-state index contributed by atoms with van der Waals surface area (Å²) in [5, 5.41) is 7.12. The molecule has 1 aliphatic carbocycles. The van der Waals surface area contributed by atoms with E-state index in [9.17, 15) is 18.0 Å². The molecule has 5 rings (SSSR count). The molecule has 3 heterocycles. The normalized spacial score (nSPS) is 23.7. The van der Waals surface area contributed by atoms with Crippen LogP contribution in [-0.2, 0) is 16.1 Å². The summed E-state index contributed by atoms with van der Waals surface area (Å²) in [7, 11) is 1.69. The summed E-state index contributed by atoms with van der Waals surface area (Å²) in [4.78, 5) is 32.0. The number of carboxylic acids is 1. The SMILES string of the molecule is COc1ccc(CN2CC(c3cn(C(C)C)cn3)C3(CCN(CC4CC4)C3=O)C2)cc1.O=C(O)C(F)(F)F. The number of aromatic nitrogens is 2. The molecule has 1 spiro atoms. The second kappa shape index (κ2) is 11.0. The van der Waals surface area contributed by atoms with Gasteiger partial charge in [-0.1, -0.05) is 12.1 Å². The quantitative estimate of drug-likeness (QED) is 0.567. The Hall–Kier alpha value is -3.08. The van der Waals surface area contributed by atoms with Crippen molar-refractivity contribution in [3.05, 3.63) is 48.0 Å². The molecule has 2 unspecified atom stereocenters. The maximum absolute atomic E-state index is 13.7. The average Bonchev–Trinajstić information content (AvgIpc) is 3.28. The van der Waals surface area contributed by atoms with Crippen LogP contribution in [0.1, 0.15) is 56.3 Å². The molecule has 2 saturated heterocycles. The maximum Gasteiger partial charge on any atom is 0.490 e. The highest BCUT2D eigenvalue weighted by molar-refractivity contribution is 5.87. The third-order valence-corrected chi connectivity index (χ3v) is 7.71. The molecule has 8 nitrogen and oxygen atoms in total. The second-order valence-electron chi connectivity index (χ2n) is 10.8. The predicted octanol–water partition coefficient (Wildman–Crippen LogP) is 4.33. The highest BCUT2D eigenvalue weighted by Crippen LogP contribution is 2.50. The molecule has 1 N–H and O–H groups in total. The Bertz CT molecular complexity index is 1130. The first-order chi connectivity index (χ1) is 17.9. The molecule has 38 heavy (non-hydrogen) atoms. The number of hydrogen-bond donors (Lipinski definition) is 1. The van der Waals surface area contributed by atoms with Crippen LogP contribution < -0.4 is 4.74 Å². The number of imidazole rings is 1. The number of ether oxygens (including phenoxy) is 1. The van der Waals surface area contributed by atoms with E-state index in [-0.39, 0.29) is 11.3 Å². The van der Waals surface area contributed by atoms with Gasteiger partial charge in [0.25, 0.3) is 0 Å². The first kappa shape index (κ1) is 27.9. The van der Waals surface area contributed by atoms with Crippen LogP contribution >= 0.6 is 0 Å². The molecule has 208 valence electrons. The van der Waals surface area contributed by atoms with Crippen molar-refractivity contribution >= 4 is 11.9 Å². The highest BCUT2D eigenvalue weighted by atomic mass is 19.4. The van der Waals surface area contributed by atoms with Gasteiger partial charge in [0.05, 0.1) is 24.5 Å². The predicted molar refractivity (Wildman–Crippen MR) is 134 cm³/mol. The van der Waals surface area contributed by atoms with Gasteiger partial charge >= 0.3 is 12.1 Å². The van der Waals surface area contributed by atoms with Crippen LogP contribution in [-0.4, -0.2) is 75.8 Å². The van der Waals surface area contributed by atoms with E-state index in [1.54, 1.807) is 7.11 Å². The van der Waals surface area contributed by atoms with Crippen molar-refractivity contribution in [3.8, 4) is 5.75 Å². The lowest BCUT2D eigenvalue weighted by Gasteiger charge is -2.28. The Morgan fingerprint density at radius 3 is 2.42 bits per heavy atom. The van der Waals surface area contributed by atoms with E-state index in [1.165, 1.54) is 18.4 Å². The zero-order valence-corrected chi connectivity index (χ0v) is 21.9. The Morgan fingerprint density at radius 1 is 1.24 bits per heavy atom. The van der Waals surface area contributed by atoms with Gasteiger partial charge < -0.3 is 19.3 Å². The van der Waals surface area contributed by atoms with Crippen LogP contribution in [0.25, 0.3) is 0 Å². The van der Waals surface area contributed by atoms with Crippen molar-refractivity contribution in [2.45, 2.75) is 57.8 Å². The number of hydrogen-bond acceptors (Lipinski definition) is 5. The minimum atomic E-state index is -5.08. The van der Waals surface area contributed by atoms with Crippen molar-refractivity contribution in [1.82, 2.24) is 19.4 Å². The van der Waals surface area contributed by atoms with Gasteiger partial charge in [0.2, 0.25) is 5.91 Å². The zero-order chi connectivity index (χ0) is 27.7. The number of carboxylic acid groups (broad SMARTS) is 1. The molecule has 11 heteroatoms. The van der Waals surface area contributed by atoms with Gasteiger partial charge in [0, 0.05) is 50.9 Å². The smallest absolute Gasteiger partial charge is 0.490 e. The lowest BCUT2D eigenvalue weighted by Crippen LogP contribution is -2.40. The molecule has 3 fully saturated rings. The van der Waals surface area contributed by atoms with Crippen molar-refractivity contribution in [1.29, 1.82) is 0 Å². The van der Waals surface area contributed by atoms with Crippen LogP contribution in [0.3, 0.4) is 0 Å². The zero-order valence-electron chi connectivity index (χ0n) is 21.9. The molecule has 1 aromatic heterocycles. The summed E-state index contributed by atoms with van der Waals surface area (Å²) >= 11 is 0. The van der Waals surface area contributed by atoms with Crippen LogP contribution in [0, 0.1) is 11.3 Å². The van der Waals surface area contributed by atoms with E-state index >= 15 is 0 Å². The average molecular weight is 537 g/mol. The van der Waals surface area contributed by atoms with Crippen LogP contribution in [0.4, 0.5) is 13.2 Å². The minimum Gasteiger partial charge on any atom is -0.497 e. The van der Waals surface area contributed by atoms with Crippen molar-refractivity contribution in [2.75, 3.05) is 33.3 Å². The summed E-state index contributed by atoms with van der Waals surface area (Å²) in [5.41, 5.74) is 1.99. The highest BCUT2D eigenvalue weighted by Gasteiger charge is 2.58. The lowest BCUT2D eigenvalue weighted by molar-refractivity contribution is -0.192. The molecule has 2 atom stereocenters. The number of nitrogens with zero attached hydrogens (tertiary/aromatic N) is 4. The van der Waals surface area contributed by atoms with E-state index in [0.29, 0.717) is 11.9 Å². The Balaban J connectivity index is 0.000000426. The third-order valence-electron chi connectivity index (χ3n) is 7.71. The van der Waals surface area contributed by atoms with Crippen LogP contribution in [0.15, 0.2) is 36.8 Å². The van der Waals surface area contributed by atoms with Gasteiger partial charge in [-0.2, -0.15) is 13.2 Å². The van der Waals surface area contributed by atoms with Gasteiger partial charge in [-0.15, -0.1) is 0 Å². The number of benzene rings is 1. The van der Waals surface area contributed by atoms with Gasteiger partial charge in [0.15, 0.2) is 0 Å². The fourth-order valence-corrected chi connectivity index (χ4v) is 5.42. The van der Waals surface area contributed by atoms with Crippen molar-refractivity contribution in [2.24, 2.45) is 11.3 Å². The van der Waals surface area contributed by atoms with E-state index < -0.39 is 12.1 Å². The molecule has 1 aromatic carbocycles. The van der Waals surface area contributed by atoms with Crippen LogP contribution in [0.5, 0.6) is 5.75 Å². The largest absolute Gasteiger partial charge is 0.497 e. The van der Waals surface area contributed by atoms with E-state index in [2.05, 4.69) is 46.5 Å². The number of carbonyl (C=O) groups is 2. The first-order valence-electron chi connectivity index (χ1n) is 12.9. The van der Waals surface area contributed by atoms with Crippen molar-refractivity contribution < 1.29 is 32.6 Å². The molecule has 0 bridgehead atoms. The number of aliphatic carboxylic acids is 1. The maximum atomic E-state index is 13.7. The van der Waals surface area contributed by atoms with E-state index in [1.807, 2.05) is 18.5 Å².